The summed E-state index contributed by atoms with van der Waals surface area (Å²) in [5.41, 5.74) is 7.07. The van der Waals surface area contributed by atoms with Gasteiger partial charge in [0.25, 0.3) is 6.08 Å². The van der Waals surface area contributed by atoms with Gasteiger partial charge in [0.05, 0.1) is 11.4 Å². The SMILES string of the molecule is CC(=O)c1ccc(-c2cnc(N3C=NN(CC(CN)=C(F)F)C3)c(C)c2)s1. The van der Waals surface area contributed by atoms with Crippen molar-refractivity contribution in [3.05, 3.63) is 46.5 Å². The maximum Gasteiger partial charge on any atom is 0.272 e. The first-order chi connectivity index (χ1) is 12.9. The number of carbonyl (C=O) groups is 1. The van der Waals surface area contributed by atoms with Crippen molar-refractivity contribution >= 4 is 29.3 Å². The van der Waals surface area contributed by atoms with Gasteiger partial charge < -0.3 is 5.73 Å². The number of carbonyl (C=O) groups excluding carboxylic acids is 1. The zero-order valence-corrected chi connectivity index (χ0v) is 15.8. The molecule has 0 atom stereocenters. The minimum atomic E-state index is -1.76. The summed E-state index contributed by atoms with van der Waals surface area (Å²) in [6, 6.07) is 5.70. The summed E-state index contributed by atoms with van der Waals surface area (Å²) < 4.78 is 25.5. The number of aromatic nitrogens is 1. The lowest BCUT2D eigenvalue weighted by molar-refractivity contribution is 0.102. The van der Waals surface area contributed by atoms with E-state index in [1.54, 1.807) is 24.4 Å². The third-order valence-electron chi connectivity index (χ3n) is 4.12. The Labute approximate surface area is 159 Å². The van der Waals surface area contributed by atoms with E-state index >= 15 is 0 Å². The van der Waals surface area contributed by atoms with Crippen molar-refractivity contribution in [2.45, 2.75) is 13.8 Å². The molecule has 9 heteroatoms. The quantitative estimate of drug-likeness (QED) is 0.764. The lowest BCUT2D eigenvalue weighted by atomic mass is 10.1. The molecule has 142 valence electrons. The number of rotatable bonds is 6. The van der Waals surface area contributed by atoms with E-state index in [2.05, 4.69) is 10.1 Å². The molecule has 0 aliphatic carbocycles. The molecule has 0 saturated heterocycles. The average Bonchev–Trinajstić information content (AvgIpc) is 3.29. The van der Waals surface area contributed by atoms with Gasteiger partial charge in [0, 0.05) is 28.8 Å². The topological polar surface area (TPSA) is 74.8 Å². The van der Waals surface area contributed by atoms with E-state index in [0.29, 0.717) is 17.4 Å². The molecule has 0 amide bonds. The van der Waals surface area contributed by atoms with Gasteiger partial charge >= 0.3 is 0 Å². The number of halogens is 2. The Balaban J connectivity index is 1.74. The molecule has 0 unspecified atom stereocenters. The zero-order valence-electron chi connectivity index (χ0n) is 14.9. The van der Waals surface area contributed by atoms with Crippen molar-refractivity contribution in [1.29, 1.82) is 0 Å². The van der Waals surface area contributed by atoms with E-state index < -0.39 is 6.08 Å². The van der Waals surface area contributed by atoms with Crippen molar-refractivity contribution in [1.82, 2.24) is 9.99 Å². The van der Waals surface area contributed by atoms with Crippen LogP contribution in [-0.2, 0) is 0 Å². The van der Waals surface area contributed by atoms with Crippen molar-refractivity contribution < 1.29 is 13.6 Å². The number of anilines is 1. The van der Waals surface area contributed by atoms with E-state index in [0.717, 1.165) is 16.0 Å². The molecule has 1 aliphatic rings. The van der Waals surface area contributed by atoms with Crippen molar-refractivity contribution in [3.63, 3.8) is 0 Å². The Morgan fingerprint density at radius 2 is 2.15 bits per heavy atom. The fourth-order valence-corrected chi connectivity index (χ4v) is 3.59. The highest BCUT2D eigenvalue weighted by Crippen LogP contribution is 2.31. The minimum absolute atomic E-state index is 0.0218. The Morgan fingerprint density at radius 1 is 1.37 bits per heavy atom. The first kappa shape index (κ1) is 19.1. The molecule has 1 aliphatic heterocycles. The van der Waals surface area contributed by atoms with Crippen LogP contribution < -0.4 is 10.6 Å². The van der Waals surface area contributed by atoms with Crippen LogP contribution in [0.1, 0.15) is 22.2 Å². The molecule has 27 heavy (non-hydrogen) atoms. The molecule has 3 heterocycles. The van der Waals surface area contributed by atoms with Crippen molar-refractivity contribution in [3.8, 4) is 10.4 Å². The van der Waals surface area contributed by atoms with Gasteiger partial charge in [-0.2, -0.15) is 13.9 Å². The molecule has 6 nitrogen and oxygen atoms in total. The smallest absolute Gasteiger partial charge is 0.272 e. The summed E-state index contributed by atoms with van der Waals surface area (Å²) in [4.78, 5) is 19.4. The van der Waals surface area contributed by atoms with Crippen LogP contribution >= 0.6 is 11.3 Å². The van der Waals surface area contributed by atoms with E-state index in [1.807, 2.05) is 25.1 Å². The second-order valence-electron chi connectivity index (χ2n) is 6.16. The van der Waals surface area contributed by atoms with Gasteiger partial charge in [-0.1, -0.05) is 0 Å². The van der Waals surface area contributed by atoms with Crippen LogP contribution in [0.5, 0.6) is 0 Å². The van der Waals surface area contributed by atoms with E-state index in [-0.39, 0.29) is 24.4 Å². The number of pyridine rings is 1. The second-order valence-corrected chi connectivity index (χ2v) is 7.24. The van der Waals surface area contributed by atoms with Crippen LogP contribution in [0.3, 0.4) is 0 Å². The number of hydrogen-bond acceptors (Lipinski definition) is 7. The number of nitrogens with zero attached hydrogens (tertiary/aromatic N) is 4. The highest BCUT2D eigenvalue weighted by molar-refractivity contribution is 7.17. The molecule has 2 aromatic heterocycles. The predicted octanol–water partition coefficient (Wildman–Crippen LogP) is 3.45. The molecule has 0 fully saturated rings. The van der Waals surface area contributed by atoms with Gasteiger partial charge in [-0.15, -0.1) is 11.3 Å². The third kappa shape index (κ3) is 4.20. The Hall–Kier alpha value is -2.65. The molecular weight excluding hydrogens is 372 g/mol. The van der Waals surface area contributed by atoms with Gasteiger partial charge in [0.2, 0.25) is 0 Å². The van der Waals surface area contributed by atoms with Crippen LogP contribution in [0.15, 0.2) is 41.2 Å². The highest BCUT2D eigenvalue weighted by Gasteiger charge is 2.20. The summed E-state index contributed by atoms with van der Waals surface area (Å²) in [6.45, 7) is 3.56. The zero-order chi connectivity index (χ0) is 19.6. The number of thiophene rings is 1. The van der Waals surface area contributed by atoms with E-state index in [9.17, 15) is 13.6 Å². The van der Waals surface area contributed by atoms with Crippen LogP contribution in [0.4, 0.5) is 14.6 Å². The lowest BCUT2D eigenvalue weighted by Gasteiger charge is -2.20. The maximum atomic E-state index is 12.8. The fourth-order valence-electron chi connectivity index (χ4n) is 2.70. The number of Topliss-reactive ketones (excluding diaryl/α,β-unsaturated/α-hetero) is 1. The molecule has 0 saturated carbocycles. The van der Waals surface area contributed by atoms with Gasteiger partial charge in [0.1, 0.15) is 18.8 Å². The number of hydrogen-bond donors (Lipinski definition) is 1. The largest absolute Gasteiger partial charge is 0.327 e. The number of aryl methyl sites for hydroxylation is 1. The molecule has 2 N–H and O–H groups in total. The van der Waals surface area contributed by atoms with Gasteiger partial charge in [-0.05, 0) is 37.6 Å². The van der Waals surface area contributed by atoms with Crippen molar-refractivity contribution in [2.24, 2.45) is 10.8 Å². The molecule has 0 aromatic carbocycles. The summed E-state index contributed by atoms with van der Waals surface area (Å²) >= 11 is 1.43. The Bertz CT molecular complexity index is 920. The van der Waals surface area contributed by atoms with Gasteiger partial charge in [-0.3, -0.25) is 14.7 Å². The summed E-state index contributed by atoms with van der Waals surface area (Å²) in [5.74, 6) is 0.740. The average molecular weight is 391 g/mol. The molecule has 2 aromatic rings. The normalized spacial score (nSPS) is 13.4. The number of ketones is 1. The summed E-state index contributed by atoms with van der Waals surface area (Å²) in [6.07, 6.45) is 1.55. The first-order valence-electron chi connectivity index (χ1n) is 8.25. The third-order valence-corrected chi connectivity index (χ3v) is 5.35. The Morgan fingerprint density at radius 3 is 2.74 bits per heavy atom. The number of hydrazone groups is 1. The lowest BCUT2D eigenvalue weighted by Crippen LogP contribution is -2.30. The molecule has 0 spiro atoms. The maximum absolute atomic E-state index is 12.8. The fraction of sp³-hybridized carbons (Fsp3) is 0.278. The van der Waals surface area contributed by atoms with Crippen LogP contribution in [-0.4, -0.2) is 41.9 Å². The predicted molar refractivity (Wildman–Crippen MR) is 103 cm³/mol. The van der Waals surface area contributed by atoms with E-state index in [1.165, 1.54) is 16.3 Å². The van der Waals surface area contributed by atoms with E-state index in [4.69, 9.17) is 5.73 Å². The van der Waals surface area contributed by atoms with Crippen LogP contribution in [0, 0.1) is 6.92 Å². The van der Waals surface area contributed by atoms with Crippen LogP contribution in [0.25, 0.3) is 10.4 Å². The van der Waals surface area contributed by atoms with Gasteiger partial charge in [0.15, 0.2) is 5.78 Å². The molecular formula is C18H19F2N5OS. The highest BCUT2D eigenvalue weighted by atomic mass is 32.1. The minimum Gasteiger partial charge on any atom is -0.327 e. The first-order valence-corrected chi connectivity index (χ1v) is 9.07. The molecule has 3 rings (SSSR count). The second kappa shape index (κ2) is 7.93. The van der Waals surface area contributed by atoms with Crippen LogP contribution in [0.2, 0.25) is 0 Å². The molecule has 0 bridgehead atoms. The number of nitrogens with two attached hydrogens (primary N) is 1. The standard InChI is InChI=1S/C18H19F2N5OS/c1-11-5-13(16-4-3-15(27-16)12(2)26)7-22-18(11)24-9-23-25(10-24)8-14(6-21)17(19)20/h3-5,7,9H,6,8,10,21H2,1-2H3. The van der Waals surface area contributed by atoms with Crippen molar-refractivity contribution in [2.75, 3.05) is 24.7 Å². The molecule has 0 radical (unpaired) electrons. The monoisotopic (exact) mass is 391 g/mol. The summed E-state index contributed by atoms with van der Waals surface area (Å²) in [7, 11) is 0. The summed E-state index contributed by atoms with van der Waals surface area (Å²) in [5, 5.41) is 5.65. The van der Waals surface area contributed by atoms with Gasteiger partial charge in [-0.25, -0.2) is 4.98 Å². The Kier molecular flexibility index (Phi) is 5.62.